The Morgan fingerprint density at radius 2 is 1.81 bits per heavy atom. The molecule has 156 valence electrons. The Morgan fingerprint density at radius 1 is 1.13 bits per heavy atom. The van der Waals surface area contributed by atoms with Gasteiger partial charge in [-0.1, -0.05) is 12.1 Å². The molecule has 0 radical (unpaired) electrons. The lowest BCUT2D eigenvalue weighted by Crippen LogP contribution is -2.14. The van der Waals surface area contributed by atoms with Crippen molar-refractivity contribution in [1.29, 1.82) is 5.26 Å². The molecule has 6 nitrogen and oxygen atoms in total. The molecule has 0 aliphatic carbocycles. The second-order valence-corrected chi connectivity index (χ2v) is 6.76. The van der Waals surface area contributed by atoms with E-state index in [0.717, 1.165) is 12.1 Å². The van der Waals surface area contributed by atoms with Crippen molar-refractivity contribution >= 4 is 17.2 Å². The SMILES string of the molecule is Cc1nc2cnc(C(=O)Nc3ccc(C#N)cc3)cn2c1-c1ccc(C(F)(F)F)cc1.[HH]. The molecule has 0 saturated carbocycles. The fraction of sp³-hybridized carbons (Fsp3) is 0.0909. The Kier molecular flexibility index (Phi) is 4.91. The van der Waals surface area contributed by atoms with E-state index in [0.29, 0.717) is 33.8 Å². The molecular formula is C22H16F3N5O. The van der Waals surface area contributed by atoms with Crippen LogP contribution in [0.15, 0.2) is 60.9 Å². The molecule has 0 bridgehead atoms. The van der Waals surface area contributed by atoms with Crippen molar-refractivity contribution in [3.05, 3.63) is 83.4 Å². The molecule has 0 atom stereocenters. The van der Waals surface area contributed by atoms with Gasteiger partial charge in [-0.05, 0) is 43.3 Å². The quantitative estimate of drug-likeness (QED) is 0.497. The van der Waals surface area contributed by atoms with Crippen molar-refractivity contribution in [2.75, 3.05) is 5.32 Å². The maximum atomic E-state index is 12.9. The summed E-state index contributed by atoms with van der Waals surface area (Å²) in [7, 11) is 0. The van der Waals surface area contributed by atoms with Crippen molar-refractivity contribution in [3.8, 4) is 17.3 Å². The number of aromatic nitrogens is 3. The van der Waals surface area contributed by atoms with Gasteiger partial charge in [-0.25, -0.2) is 9.97 Å². The summed E-state index contributed by atoms with van der Waals surface area (Å²) in [6.07, 6.45) is -1.51. The minimum Gasteiger partial charge on any atom is -0.321 e. The number of alkyl halides is 3. The van der Waals surface area contributed by atoms with Crippen molar-refractivity contribution in [2.45, 2.75) is 13.1 Å². The summed E-state index contributed by atoms with van der Waals surface area (Å²) in [5.41, 5.74) is 2.47. The molecule has 1 N–H and O–H groups in total. The molecule has 0 aliphatic rings. The first-order valence-corrected chi connectivity index (χ1v) is 9.10. The van der Waals surface area contributed by atoms with Crippen LogP contribution in [0, 0.1) is 18.3 Å². The third-order valence-corrected chi connectivity index (χ3v) is 4.67. The number of fused-ring (bicyclic) bond motifs is 1. The number of imidazole rings is 1. The van der Waals surface area contributed by atoms with Gasteiger partial charge < -0.3 is 5.32 Å². The third kappa shape index (κ3) is 3.96. The highest BCUT2D eigenvalue weighted by molar-refractivity contribution is 6.02. The second-order valence-electron chi connectivity index (χ2n) is 6.76. The van der Waals surface area contributed by atoms with Gasteiger partial charge >= 0.3 is 6.18 Å². The van der Waals surface area contributed by atoms with Crippen molar-refractivity contribution in [2.24, 2.45) is 0 Å². The number of benzene rings is 2. The molecule has 0 unspecified atom stereocenters. The van der Waals surface area contributed by atoms with Gasteiger partial charge in [0, 0.05) is 18.9 Å². The van der Waals surface area contributed by atoms with Crippen LogP contribution >= 0.6 is 0 Å². The number of carbonyl (C=O) groups is 1. The Balaban J connectivity index is 0.00000289. The van der Waals surface area contributed by atoms with Crippen LogP contribution in [0.2, 0.25) is 0 Å². The standard InChI is InChI=1S/C22H14F3N5O.H2/c1-13-20(15-4-6-16(7-5-15)22(23,24)25)30-12-18(27-11-19(30)28-13)21(31)29-17-8-2-14(10-26)3-9-17;/h2-9,11-12H,1H3,(H,29,31);1H. The number of aryl methyl sites for hydroxylation is 1. The van der Waals surface area contributed by atoms with Crippen molar-refractivity contribution in [1.82, 2.24) is 14.4 Å². The van der Waals surface area contributed by atoms with E-state index in [-0.39, 0.29) is 7.12 Å². The van der Waals surface area contributed by atoms with Crippen molar-refractivity contribution in [3.63, 3.8) is 0 Å². The Morgan fingerprint density at radius 3 is 2.42 bits per heavy atom. The normalized spacial score (nSPS) is 11.3. The van der Waals surface area contributed by atoms with E-state index in [4.69, 9.17) is 5.26 Å². The lowest BCUT2D eigenvalue weighted by molar-refractivity contribution is -0.137. The average Bonchev–Trinajstić information content (AvgIpc) is 3.08. The summed E-state index contributed by atoms with van der Waals surface area (Å²) in [5, 5.41) is 11.5. The first kappa shape index (κ1) is 20.1. The summed E-state index contributed by atoms with van der Waals surface area (Å²) in [6, 6.07) is 13.1. The van der Waals surface area contributed by atoms with E-state index in [1.54, 1.807) is 35.6 Å². The highest BCUT2D eigenvalue weighted by Crippen LogP contribution is 2.32. The van der Waals surface area contributed by atoms with E-state index in [1.165, 1.54) is 24.5 Å². The van der Waals surface area contributed by atoms with Crippen LogP contribution in [-0.2, 0) is 6.18 Å². The average molecular weight is 423 g/mol. The predicted octanol–water partition coefficient (Wildman–Crippen LogP) is 5.09. The van der Waals surface area contributed by atoms with Crippen molar-refractivity contribution < 1.29 is 19.4 Å². The second kappa shape index (κ2) is 7.57. The number of hydrogen-bond donors (Lipinski definition) is 1. The summed E-state index contributed by atoms with van der Waals surface area (Å²) >= 11 is 0. The smallest absolute Gasteiger partial charge is 0.321 e. The third-order valence-electron chi connectivity index (χ3n) is 4.67. The van der Waals surface area contributed by atoms with E-state index < -0.39 is 17.6 Å². The van der Waals surface area contributed by atoms with Crippen LogP contribution in [0.25, 0.3) is 16.9 Å². The molecule has 4 rings (SSSR count). The van der Waals surface area contributed by atoms with Gasteiger partial charge in [-0.2, -0.15) is 18.4 Å². The highest BCUT2D eigenvalue weighted by Gasteiger charge is 2.30. The summed E-state index contributed by atoms with van der Waals surface area (Å²) in [5.74, 6) is -0.476. The fourth-order valence-electron chi connectivity index (χ4n) is 3.18. The highest BCUT2D eigenvalue weighted by atomic mass is 19.4. The molecular weight excluding hydrogens is 407 g/mol. The van der Waals surface area contributed by atoms with Gasteiger partial charge in [0.1, 0.15) is 5.69 Å². The zero-order valence-electron chi connectivity index (χ0n) is 16.1. The first-order chi connectivity index (χ1) is 14.8. The monoisotopic (exact) mass is 423 g/mol. The molecule has 31 heavy (non-hydrogen) atoms. The van der Waals surface area contributed by atoms with E-state index in [2.05, 4.69) is 15.3 Å². The van der Waals surface area contributed by atoms with Crippen LogP contribution < -0.4 is 5.32 Å². The van der Waals surface area contributed by atoms with Gasteiger partial charge in [0.15, 0.2) is 5.65 Å². The molecule has 0 spiro atoms. The van der Waals surface area contributed by atoms with Crippen LogP contribution in [-0.4, -0.2) is 20.3 Å². The zero-order chi connectivity index (χ0) is 22.2. The lowest BCUT2D eigenvalue weighted by Gasteiger charge is -2.09. The largest absolute Gasteiger partial charge is 0.416 e. The number of nitrogens with one attached hydrogen (secondary N) is 1. The van der Waals surface area contributed by atoms with Gasteiger partial charge in [0.2, 0.25) is 0 Å². The number of hydrogen-bond acceptors (Lipinski definition) is 4. The maximum Gasteiger partial charge on any atom is 0.416 e. The molecule has 2 heterocycles. The molecule has 9 heteroatoms. The molecule has 2 aromatic carbocycles. The van der Waals surface area contributed by atoms with Crippen LogP contribution in [0.3, 0.4) is 0 Å². The Hall–Kier alpha value is -4.19. The minimum atomic E-state index is -4.42. The maximum absolute atomic E-state index is 12.9. The van der Waals surface area contributed by atoms with Gasteiger partial charge in [0.05, 0.1) is 34.8 Å². The van der Waals surface area contributed by atoms with E-state index in [9.17, 15) is 18.0 Å². The first-order valence-electron chi connectivity index (χ1n) is 9.10. The molecule has 4 aromatic rings. The molecule has 2 aromatic heterocycles. The molecule has 1 amide bonds. The fourth-order valence-corrected chi connectivity index (χ4v) is 3.18. The Bertz CT molecular complexity index is 1320. The zero-order valence-corrected chi connectivity index (χ0v) is 16.1. The van der Waals surface area contributed by atoms with Crippen LogP contribution in [0.4, 0.5) is 18.9 Å². The van der Waals surface area contributed by atoms with Gasteiger partial charge in [-0.15, -0.1) is 0 Å². The summed E-state index contributed by atoms with van der Waals surface area (Å²) in [4.78, 5) is 21.1. The van der Waals surface area contributed by atoms with Crippen LogP contribution in [0.1, 0.15) is 28.7 Å². The lowest BCUT2D eigenvalue weighted by atomic mass is 10.1. The molecule has 0 saturated heterocycles. The number of nitrogens with zero attached hydrogens (tertiary/aromatic N) is 4. The minimum absolute atomic E-state index is 0. The Labute approximate surface area is 176 Å². The molecule has 0 aliphatic heterocycles. The summed E-state index contributed by atoms with van der Waals surface area (Å²) < 4.78 is 40.2. The van der Waals surface area contributed by atoms with Gasteiger partial charge in [0.25, 0.3) is 5.91 Å². The number of carbonyl (C=O) groups excluding carboxylic acids is 1. The van der Waals surface area contributed by atoms with Gasteiger partial charge in [-0.3, -0.25) is 9.20 Å². The van der Waals surface area contributed by atoms with E-state index >= 15 is 0 Å². The molecule has 0 fully saturated rings. The van der Waals surface area contributed by atoms with E-state index in [1.807, 2.05) is 6.07 Å². The summed E-state index contributed by atoms with van der Waals surface area (Å²) in [6.45, 7) is 1.73. The number of amides is 1. The number of rotatable bonds is 3. The predicted molar refractivity (Wildman–Crippen MR) is 109 cm³/mol. The number of anilines is 1. The number of halogens is 3. The topological polar surface area (TPSA) is 83.1 Å². The number of nitriles is 1. The van der Waals surface area contributed by atoms with Crippen LogP contribution in [0.5, 0.6) is 0 Å².